The molecule has 1 aromatic rings. The van der Waals surface area contributed by atoms with Crippen LogP contribution < -0.4 is 5.32 Å². The highest BCUT2D eigenvalue weighted by molar-refractivity contribution is 6.32. The van der Waals surface area contributed by atoms with E-state index in [-0.39, 0.29) is 23.1 Å². The highest BCUT2D eigenvalue weighted by atomic mass is 35.5. The van der Waals surface area contributed by atoms with Crippen molar-refractivity contribution in [2.45, 2.75) is 19.5 Å². The monoisotopic (exact) mass is 335 g/mol. The molecule has 1 amide bonds. The maximum absolute atomic E-state index is 12.6. The molecule has 0 spiro atoms. The van der Waals surface area contributed by atoms with E-state index in [2.05, 4.69) is 5.32 Å². The van der Waals surface area contributed by atoms with Crippen LogP contribution in [-0.2, 0) is 11.0 Å². The Labute approximate surface area is 131 Å². The van der Waals surface area contributed by atoms with Crippen LogP contribution in [0.3, 0.4) is 0 Å². The number of rotatable bonds is 6. The number of aliphatic hydroxyl groups is 1. The third kappa shape index (κ3) is 6.07. The summed E-state index contributed by atoms with van der Waals surface area (Å²) in [6.45, 7) is 2.27. The highest BCUT2D eigenvalue weighted by Crippen LogP contribution is 2.32. The number of halogens is 4. The molecule has 122 valence electrons. The van der Waals surface area contributed by atoms with Gasteiger partial charge in [0.1, 0.15) is 0 Å². The molecule has 0 aromatic heterocycles. The summed E-state index contributed by atoms with van der Waals surface area (Å²) in [5.41, 5.74) is -0.705. The van der Waals surface area contributed by atoms with Gasteiger partial charge in [0.2, 0.25) is 5.91 Å². The average Bonchev–Trinajstić information content (AvgIpc) is 2.43. The summed E-state index contributed by atoms with van der Waals surface area (Å²) >= 11 is 5.82. The lowest BCUT2D eigenvalue weighted by Crippen LogP contribution is -2.26. The van der Waals surface area contributed by atoms with Gasteiger partial charge >= 0.3 is 6.18 Å². The minimum Gasteiger partial charge on any atom is -0.396 e. The summed E-state index contributed by atoms with van der Waals surface area (Å²) in [4.78, 5) is 11.6. The Balaban J connectivity index is 2.71. The molecule has 0 aliphatic carbocycles. The fourth-order valence-electron chi connectivity index (χ4n) is 1.67. The van der Waals surface area contributed by atoms with Crippen molar-refractivity contribution in [2.75, 3.05) is 13.2 Å². The number of nitrogens with one attached hydrogen (secondary N) is 1. The molecule has 1 unspecified atom stereocenters. The molecule has 0 heterocycles. The fourth-order valence-corrected chi connectivity index (χ4v) is 1.85. The lowest BCUT2D eigenvalue weighted by Gasteiger charge is -2.10. The van der Waals surface area contributed by atoms with E-state index in [9.17, 15) is 18.0 Å². The second-order valence-corrected chi connectivity index (χ2v) is 5.34. The lowest BCUT2D eigenvalue weighted by molar-refractivity contribution is -0.137. The van der Waals surface area contributed by atoms with Crippen LogP contribution in [0, 0.1) is 5.92 Å². The maximum Gasteiger partial charge on any atom is 0.416 e. The van der Waals surface area contributed by atoms with Crippen molar-refractivity contribution >= 4 is 23.6 Å². The lowest BCUT2D eigenvalue weighted by atomic mass is 10.1. The minimum atomic E-state index is -4.46. The Hall–Kier alpha value is -1.53. The first-order chi connectivity index (χ1) is 10.2. The number of carbonyl (C=O) groups excluding carboxylic acids is 1. The topological polar surface area (TPSA) is 49.3 Å². The number of benzene rings is 1. The summed E-state index contributed by atoms with van der Waals surface area (Å²) in [6.07, 6.45) is -1.53. The smallest absolute Gasteiger partial charge is 0.396 e. The van der Waals surface area contributed by atoms with Crippen LogP contribution in [-0.4, -0.2) is 24.2 Å². The van der Waals surface area contributed by atoms with Crippen molar-refractivity contribution in [2.24, 2.45) is 5.92 Å². The zero-order chi connectivity index (χ0) is 16.8. The Morgan fingerprint density at radius 1 is 1.45 bits per heavy atom. The Morgan fingerprint density at radius 2 is 2.14 bits per heavy atom. The summed E-state index contributed by atoms with van der Waals surface area (Å²) in [6, 6.07) is 2.92. The molecule has 0 bridgehead atoms. The zero-order valence-electron chi connectivity index (χ0n) is 12.0. The Kier molecular flexibility index (Phi) is 6.90. The third-order valence-electron chi connectivity index (χ3n) is 2.98. The van der Waals surface area contributed by atoms with Crippen molar-refractivity contribution in [1.82, 2.24) is 5.32 Å². The second kappa shape index (κ2) is 8.19. The number of hydrogen-bond donors (Lipinski definition) is 2. The molecule has 0 radical (unpaired) electrons. The summed E-state index contributed by atoms with van der Waals surface area (Å²) in [5, 5.41) is 11.5. The zero-order valence-corrected chi connectivity index (χ0v) is 12.7. The molecule has 2 N–H and O–H groups in total. The molecular weight excluding hydrogens is 319 g/mol. The van der Waals surface area contributed by atoms with Crippen molar-refractivity contribution in [3.8, 4) is 0 Å². The second-order valence-electron chi connectivity index (χ2n) is 4.93. The van der Waals surface area contributed by atoms with Crippen LogP contribution in [0.4, 0.5) is 13.2 Å². The van der Waals surface area contributed by atoms with E-state index in [4.69, 9.17) is 16.7 Å². The molecule has 1 rings (SSSR count). The Bertz CT molecular complexity index is 544. The quantitative estimate of drug-likeness (QED) is 0.782. The van der Waals surface area contributed by atoms with Gasteiger partial charge in [-0.25, -0.2) is 0 Å². The van der Waals surface area contributed by atoms with Gasteiger partial charge in [0, 0.05) is 24.3 Å². The van der Waals surface area contributed by atoms with Gasteiger partial charge in [0.05, 0.1) is 5.56 Å². The number of carbonyl (C=O) groups is 1. The van der Waals surface area contributed by atoms with Gasteiger partial charge in [-0.05, 0) is 42.2 Å². The van der Waals surface area contributed by atoms with Crippen LogP contribution in [0.5, 0.6) is 0 Å². The molecule has 3 nitrogen and oxygen atoms in total. The minimum absolute atomic E-state index is 0.0344. The van der Waals surface area contributed by atoms with Crippen molar-refractivity contribution < 1.29 is 23.1 Å². The van der Waals surface area contributed by atoms with Gasteiger partial charge in [-0.3, -0.25) is 4.79 Å². The van der Waals surface area contributed by atoms with Gasteiger partial charge in [0.25, 0.3) is 0 Å². The maximum atomic E-state index is 12.6. The van der Waals surface area contributed by atoms with Crippen molar-refractivity contribution in [3.05, 3.63) is 40.4 Å². The van der Waals surface area contributed by atoms with Crippen LogP contribution in [0.15, 0.2) is 24.3 Å². The van der Waals surface area contributed by atoms with Gasteiger partial charge < -0.3 is 10.4 Å². The molecule has 0 saturated carbocycles. The van der Waals surface area contributed by atoms with Crippen molar-refractivity contribution in [3.63, 3.8) is 0 Å². The van der Waals surface area contributed by atoms with Gasteiger partial charge in [-0.15, -0.1) is 0 Å². The summed E-state index contributed by atoms with van der Waals surface area (Å²) in [5.74, 6) is -0.322. The van der Waals surface area contributed by atoms with E-state index in [0.717, 1.165) is 24.3 Å². The van der Waals surface area contributed by atoms with E-state index in [1.165, 1.54) is 6.08 Å². The van der Waals surface area contributed by atoms with Gasteiger partial charge in [0.15, 0.2) is 0 Å². The first kappa shape index (κ1) is 18.5. The van der Waals surface area contributed by atoms with Gasteiger partial charge in [-0.1, -0.05) is 18.5 Å². The van der Waals surface area contributed by atoms with Crippen LogP contribution >= 0.6 is 11.6 Å². The molecule has 1 aromatic carbocycles. The number of aliphatic hydroxyl groups excluding tert-OH is 1. The van der Waals surface area contributed by atoms with E-state index >= 15 is 0 Å². The SMILES string of the molecule is CC(CCO)CNC(=O)/C=C/c1cc(C(F)(F)F)ccc1Cl. The normalized spacial score (nSPS) is 13.4. The molecule has 0 fully saturated rings. The predicted octanol–water partition coefficient (Wildman–Crippen LogP) is 3.51. The van der Waals surface area contributed by atoms with E-state index in [0.29, 0.717) is 13.0 Å². The number of amides is 1. The molecule has 0 aliphatic rings. The molecule has 1 atom stereocenters. The fraction of sp³-hybridized carbons (Fsp3) is 0.400. The van der Waals surface area contributed by atoms with Crippen LogP contribution in [0.1, 0.15) is 24.5 Å². The number of hydrogen-bond acceptors (Lipinski definition) is 2. The van der Waals surface area contributed by atoms with Crippen LogP contribution in [0.25, 0.3) is 6.08 Å². The van der Waals surface area contributed by atoms with Gasteiger partial charge in [-0.2, -0.15) is 13.2 Å². The Morgan fingerprint density at radius 3 is 2.73 bits per heavy atom. The molecule has 0 saturated heterocycles. The first-order valence-corrected chi connectivity index (χ1v) is 7.05. The van der Waals surface area contributed by atoms with Crippen molar-refractivity contribution in [1.29, 1.82) is 0 Å². The van der Waals surface area contributed by atoms with E-state index in [1.54, 1.807) is 0 Å². The summed E-state index contributed by atoms with van der Waals surface area (Å²) in [7, 11) is 0. The molecule has 7 heteroatoms. The molecule has 0 aliphatic heterocycles. The van der Waals surface area contributed by atoms with E-state index in [1.807, 2.05) is 6.92 Å². The standard InChI is InChI=1S/C15H17ClF3NO2/c1-10(6-7-21)9-20-14(22)5-2-11-8-12(15(17,18)19)3-4-13(11)16/h2-5,8,10,21H,6-7,9H2,1H3,(H,20,22)/b5-2+. The highest BCUT2D eigenvalue weighted by Gasteiger charge is 2.30. The molecule has 22 heavy (non-hydrogen) atoms. The summed E-state index contributed by atoms with van der Waals surface area (Å²) < 4.78 is 37.8. The largest absolute Gasteiger partial charge is 0.416 e. The molecular formula is C15H17ClF3NO2. The third-order valence-corrected chi connectivity index (χ3v) is 3.33. The first-order valence-electron chi connectivity index (χ1n) is 6.67. The average molecular weight is 336 g/mol. The van der Waals surface area contributed by atoms with Crippen LogP contribution in [0.2, 0.25) is 5.02 Å². The number of alkyl halides is 3. The predicted molar refractivity (Wildman–Crippen MR) is 79.4 cm³/mol. The van der Waals surface area contributed by atoms with E-state index < -0.39 is 17.6 Å².